The topological polar surface area (TPSA) is 52.3 Å². The second-order valence-electron chi connectivity index (χ2n) is 3.70. The fraction of sp³-hybridized carbons (Fsp3) is 0.889. The highest BCUT2D eigenvalue weighted by atomic mass is 19.1. The molecule has 0 saturated heterocycles. The molecule has 0 aromatic heterocycles. The van der Waals surface area contributed by atoms with Gasteiger partial charge in [-0.1, -0.05) is 6.92 Å². The Balaban J connectivity index is 3.83. The van der Waals surface area contributed by atoms with Crippen LogP contribution in [0.5, 0.6) is 0 Å². The SMILES string of the molecule is CCCOC(=O)[C@@H](N)CC(C)(C)F. The molecule has 0 aromatic rings. The van der Waals surface area contributed by atoms with E-state index in [0.29, 0.717) is 6.61 Å². The number of halogens is 1. The number of carbonyl (C=O) groups excluding carboxylic acids is 1. The standard InChI is InChI=1S/C9H18FNO2/c1-4-5-13-8(12)7(11)6-9(2,3)10/h7H,4-6,11H2,1-3H3/t7-/m0/s1. The average molecular weight is 191 g/mol. The molecule has 0 radical (unpaired) electrons. The van der Waals surface area contributed by atoms with Gasteiger partial charge in [-0.3, -0.25) is 4.79 Å². The van der Waals surface area contributed by atoms with Crippen molar-refractivity contribution in [3.05, 3.63) is 0 Å². The zero-order valence-electron chi connectivity index (χ0n) is 8.47. The van der Waals surface area contributed by atoms with E-state index in [9.17, 15) is 9.18 Å². The number of hydrogen-bond donors (Lipinski definition) is 1. The van der Waals surface area contributed by atoms with Gasteiger partial charge >= 0.3 is 5.97 Å². The van der Waals surface area contributed by atoms with E-state index in [-0.39, 0.29) is 6.42 Å². The molecule has 3 nitrogen and oxygen atoms in total. The summed E-state index contributed by atoms with van der Waals surface area (Å²) in [7, 11) is 0. The highest BCUT2D eigenvalue weighted by Gasteiger charge is 2.25. The van der Waals surface area contributed by atoms with Gasteiger partial charge in [0.1, 0.15) is 11.7 Å². The van der Waals surface area contributed by atoms with Crippen molar-refractivity contribution >= 4 is 5.97 Å². The summed E-state index contributed by atoms with van der Waals surface area (Å²) < 4.78 is 17.8. The van der Waals surface area contributed by atoms with Gasteiger partial charge < -0.3 is 10.5 Å². The van der Waals surface area contributed by atoms with Crippen LogP contribution in [0.1, 0.15) is 33.6 Å². The lowest BCUT2D eigenvalue weighted by Crippen LogP contribution is -2.37. The Morgan fingerprint density at radius 2 is 2.15 bits per heavy atom. The Kier molecular flexibility index (Phi) is 4.91. The van der Waals surface area contributed by atoms with Crippen LogP contribution in [0, 0.1) is 0 Å². The van der Waals surface area contributed by atoms with Crippen molar-refractivity contribution in [2.45, 2.75) is 45.3 Å². The van der Waals surface area contributed by atoms with Crippen LogP contribution in [0.15, 0.2) is 0 Å². The van der Waals surface area contributed by atoms with Gasteiger partial charge in [-0.25, -0.2) is 4.39 Å². The number of nitrogens with two attached hydrogens (primary N) is 1. The molecule has 0 aliphatic rings. The molecular weight excluding hydrogens is 173 g/mol. The van der Waals surface area contributed by atoms with Crippen LogP contribution >= 0.6 is 0 Å². The van der Waals surface area contributed by atoms with Gasteiger partial charge in [0.15, 0.2) is 0 Å². The minimum atomic E-state index is -1.43. The Bertz CT molecular complexity index is 165. The number of carbonyl (C=O) groups is 1. The van der Waals surface area contributed by atoms with Crippen molar-refractivity contribution < 1.29 is 13.9 Å². The first-order valence-electron chi connectivity index (χ1n) is 4.48. The molecule has 13 heavy (non-hydrogen) atoms. The lowest BCUT2D eigenvalue weighted by Gasteiger charge is -2.18. The normalized spacial score (nSPS) is 13.9. The summed E-state index contributed by atoms with van der Waals surface area (Å²) in [6.45, 7) is 5.01. The Hall–Kier alpha value is -0.640. The smallest absolute Gasteiger partial charge is 0.323 e. The van der Waals surface area contributed by atoms with Crippen molar-refractivity contribution in [2.24, 2.45) is 5.73 Å². The zero-order valence-corrected chi connectivity index (χ0v) is 8.47. The molecule has 0 saturated carbocycles. The number of hydrogen-bond acceptors (Lipinski definition) is 3. The number of alkyl halides is 1. The summed E-state index contributed by atoms with van der Waals surface area (Å²) in [4.78, 5) is 11.1. The quantitative estimate of drug-likeness (QED) is 0.668. The minimum Gasteiger partial charge on any atom is -0.465 e. The lowest BCUT2D eigenvalue weighted by atomic mass is 10.0. The van der Waals surface area contributed by atoms with Gasteiger partial charge in [0.25, 0.3) is 0 Å². The number of ether oxygens (including phenoxy) is 1. The molecule has 78 valence electrons. The van der Waals surface area contributed by atoms with Crippen LogP contribution in [-0.2, 0) is 9.53 Å². The highest BCUT2D eigenvalue weighted by Crippen LogP contribution is 2.15. The summed E-state index contributed by atoms with van der Waals surface area (Å²) in [5, 5.41) is 0. The second-order valence-corrected chi connectivity index (χ2v) is 3.70. The van der Waals surface area contributed by atoms with Gasteiger partial charge in [0, 0.05) is 6.42 Å². The van der Waals surface area contributed by atoms with Crippen LogP contribution in [0.3, 0.4) is 0 Å². The predicted octanol–water partition coefficient (Wildman–Crippen LogP) is 1.41. The second kappa shape index (κ2) is 5.17. The third-order valence-electron chi connectivity index (χ3n) is 1.46. The van der Waals surface area contributed by atoms with E-state index in [0.717, 1.165) is 6.42 Å². The fourth-order valence-corrected chi connectivity index (χ4v) is 0.916. The summed E-state index contributed by atoms with van der Waals surface area (Å²) >= 11 is 0. The number of esters is 1. The van der Waals surface area contributed by atoms with E-state index in [1.807, 2.05) is 6.92 Å². The first kappa shape index (κ1) is 12.4. The van der Waals surface area contributed by atoms with Crippen molar-refractivity contribution in [3.63, 3.8) is 0 Å². The molecule has 0 unspecified atom stereocenters. The van der Waals surface area contributed by atoms with E-state index in [2.05, 4.69) is 0 Å². The first-order chi connectivity index (χ1) is 5.87. The maximum atomic E-state index is 13.0. The molecule has 1 atom stereocenters. The maximum Gasteiger partial charge on any atom is 0.323 e. The van der Waals surface area contributed by atoms with Gasteiger partial charge in [0.05, 0.1) is 6.61 Å². The molecule has 0 heterocycles. The lowest BCUT2D eigenvalue weighted by molar-refractivity contribution is -0.146. The molecule has 0 fully saturated rings. The summed E-state index contributed by atoms with van der Waals surface area (Å²) in [5.41, 5.74) is 4.00. The summed E-state index contributed by atoms with van der Waals surface area (Å²) in [5.74, 6) is -0.521. The minimum absolute atomic E-state index is 0.00442. The molecule has 0 spiro atoms. The van der Waals surface area contributed by atoms with Crippen LogP contribution < -0.4 is 5.73 Å². The molecule has 4 heteroatoms. The third-order valence-corrected chi connectivity index (χ3v) is 1.46. The number of rotatable bonds is 5. The van der Waals surface area contributed by atoms with Crippen LogP contribution in [0.2, 0.25) is 0 Å². The van der Waals surface area contributed by atoms with Gasteiger partial charge in [0.2, 0.25) is 0 Å². The van der Waals surface area contributed by atoms with Crippen LogP contribution in [-0.4, -0.2) is 24.3 Å². The van der Waals surface area contributed by atoms with Crippen molar-refractivity contribution in [3.8, 4) is 0 Å². The molecule has 0 amide bonds. The predicted molar refractivity (Wildman–Crippen MR) is 49.0 cm³/mol. The maximum absolute atomic E-state index is 13.0. The van der Waals surface area contributed by atoms with Crippen molar-refractivity contribution in [2.75, 3.05) is 6.61 Å². The van der Waals surface area contributed by atoms with E-state index in [1.54, 1.807) is 0 Å². The molecule has 0 aliphatic carbocycles. The van der Waals surface area contributed by atoms with E-state index >= 15 is 0 Å². The molecule has 0 aromatic carbocycles. The summed E-state index contributed by atoms with van der Waals surface area (Å²) in [6, 6.07) is -0.855. The van der Waals surface area contributed by atoms with E-state index in [4.69, 9.17) is 10.5 Å². The van der Waals surface area contributed by atoms with Gasteiger partial charge in [-0.15, -0.1) is 0 Å². The largest absolute Gasteiger partial charge is 0.465 e. The molecule has 2 N–H and O–H groups in total. The molecule has 0 bridgehead atoms. The molecule has 0 aliphatic heterocycles. The monoisotopic (exact) mass is 191 g/mol. The molecular formula is C9H18FNO2. The van der Waals surface area contributed by atoms with E-state index < -0.39 is 17.7 Å². The van der Waals surface area contributed by atoms with Crippen molar-refractivity contribution in [1.82, 2.24) is 0 Å². The van der Waals surface area contributed by atoms with Crippen molar-refractivity contribution in [1.29, 1.82) is 0 Å². The first-order valence-corrected chi connectivity index (χ1v) is 4.48. The Morgan fingerprint density at radius 3 is 2.54 bits per heavy atom. The molecule has 0 rings (SSSR count). The van der Waals surface area contributed by atoms with Gasteiger partial charge in [-0.2, -0.15) is 0 Å². The average Bonchev–Trinajstić information content (AvgIpc) is 1.96. The Labute approximate surface area is 78.4 Å². The van der Waals surface area contributed by atoms with Gasteiger partial charge in [-0.05, 0) is 20.3 Å². The zero-order chi connectivity index (χ0) is 10.5. The third kappa shape index (κ3) is 6.51. The Morgan fingerprint density at radius 1 is 1.62 bits per heavy atom. The highest BCUT2D eigenvalue weighted by molar-refractivity contribution is 5.75. The summed E-state index contributed by atoms with van der Waals surface area (Å²) in [6.07, 6.45) is 0.743. The fourth-order valence-electron chi connectivity index (χ4n) is 0.916. The van der Waals surface area contributed by atoms with E-state index in [1.165, 1.54) is 13.8 Å². The van der Waals surface area contributed by atoms with Crippen LogP contribution in [0.4, 0.5) is 4.39 Å². The van der Waals surface area contributed by atoms with Crippen LogP contribution in [0.25, 0.3) is 0 Å².